The number of hydrogen-bond acceptors (Lipinski definition) is 3. The van der Waals surface area contributed by atoms with Crippen LogP contribution >= 0.6 is 0 Å². The highest BCUT2D eigenvalue weighted by molar-refractivity contribution is 5.56. The SMILES string of the molecule is CC(C)(C)c1ccc(OCCNc2ccccc2OCCCc2ccccc2)cc1. The second kappa shape index (κ2) is 10.7. The Bertz CT molecular complexity index is 883. The summed E-state index contributed by atoms with van der Waals surface area (Å²) in [6.45, 7) is 8.66. The Labute approximate surface area is 181 Å². The first-order valence-electron chi connectivity index (χ1n) is 10.8. The molecule has 0 spiro atoms. The smallest absolute Gasteiger partial charge is 0.142 e. The highest BCUT2D eigenvalue weighted by atomic mass is 16.5. The second-order valence-corrected chi connectivity index (χ2v) is 8.48. The summed E-state index contributed by atoms with van der Waals surface area (Å²) in [5, 5.41) is 3.43. The van der Waals surface area contributed by atoms with Gasteiger partial charge in [0.05, 0.1) is 12.3 Å². The summed E-state index contributed by atoms with van der Waals surface area (Å²) in [5.74, 6) is 1.79. The molecule has 0 radical (unpaired) electrons. The van der Waals surface area contributed by atoms with Crippen molar-refractivity contribution in [2.24, 2.45) is 0 Å². The van der Waals surface area contributed by atoms with Gasteiger partial charge in [0.25, 0.3) is 0 Å². The first-order valence-corrected chi connectivity index (χ1v) is 10.8. The van der Waals surface area contributed by atoms with E-state index in [-0.39, 0.29) is 5.41 Å². The van der Waals surface area contributed by atoms with Crippen LogP contribution in [0.3, 0.4) is 0 Å². The van der Waals surface area contributed by atoms with Crippen LogP contribution in [-0.4, -0.2) is 19.8 Å². The lowest BCUT2D eigenvalue weighted by Crippen LogP contribution is -2.13. The van der Waals surface area contributed by atoms with Crippen LogP contribution in [0.25, 0.3) is 0 Å². The lowest BCUT2D eigenvalue weighted by molar-refractivity contribution is 0.311. The molecule has 3 heteroatoms. The maximum Gasteiger partial charge on any atom is 0.142 e. The first-order chi connectivity index (χ1) is 14.5. The zero-order valence-corrected chi connectivity index (χ0v) is 18.4. The molecule has 158 valence electrons. The summed E-state index contributed by atoms with van der Waals surface area (Å²) in [4.78, 5) is 0. The lowest BCUT2D eigenvalue weighted by Gasteiger charge is -2.19. The molecule has 3 nitrogen and oxygen atoms in total. The average Bonchev–Trinajstić information content (AvgIpc) is 2.75. The molecule has 0 bridgehead atoms. The van der Waals surface area contributed by atoms with Gasteiger partial charge in [0.1, 0.15) is 18.1 Å². The number of hydrogen-bond donors (Lipinski definition) is 1. The zero-order chi connectivity index (χ0) is 21.2. The van der Waals surface area contributed by atoms with E-state index in [1.165, 1.54) is 11.1 Å². The maximum atomic E-state index is 6.02. The number of ether oxygens (including phenoxy) is 2. The van der Waals surface area contributed by atoms with Crippen LogP contribution in [0, 0.1) is 0 Å². The van der Waals surface area contributed by atoms with E-state index in [2.05, 4.69) is 62.5 Å². The van der Waals surface area contributed by atoms with Crippen molar-refractivity contribution in [3.8, 4) is 11.5 Å². The van der Waals surface area contributed by atoms with Gasteiger partial charge < -0.3 is 14.8 Å². The number of rotatable bonds is 10. The van der Waals surface area contributed by atoms with Crippen LogP contribution in [-0.2, 0) is 11.8 Å². The molecule has 0 saturated carbocycles. The van der Waals surface area contributed by atoms with Crippen LogP contribution in [0.4, 0.5) is 5.69 Å². The van der Waals surface area contributed by atoms with Gasteiger partial charge in [-0.1, -0.05) is 75.4 Å². The third-order valence-corrected chi connectivity index (χ3v) is 5.00. The molecular formula is C27H33NO2. The van der Waals surface area contributed by atoms with Crippen molar-refractivity contribution in [3.05, 3.63) is 90.0 Å². The van der Waals surface area contributed by atoms with Gasteiger partial charge >= 0.3 is 0 Å². The summed E-state index contributed by atoms with van der Waals surface area (Å²) in [6.07, 6.45) is 2.02. The summed E-state index contributed by atoms with van der Waals surface area (Å²) in [6, 6.07) is 27.0. The highest BCUT2D eigenvalue weighted by Crippen LogP contribution is 2.25. The summed E-state index contributed by atoms with van der Waals surface area (Å²) >= 11 is 0. The predicted octanol–water partition coefficient (Wildman–Crippen LogP) is 6.49. The molecule has 1 N–H and O–H groups in total. The fourth-order valence-electron chi connectivity index (χ4n) is 3.25. The Hall–Kier alpha value is -2.94. The van der Waals surface area contributed by atoms with Gasteiger partial charge in [-0.2, -0.15) is 0 Å². The Balaban J connectivity index is 1.41. The molecule has 3 rings (SSSR count). The second-order valence-electron chi connectivity index (χ2n) is 8.48. The quantitative estimate of drug-likeness (QED) is 0.393. The molecule has 0 aliphatic rings. The van der Waals surface area contributed by atoms with Crippen molar-refractivity contribution in [1.82, 2.24) is 0 Å². The van der Waals surface area contributed by atoms with Crippen LogP contribution in [0.2, 0.25) is 0 Å². The molecule has 0 aliphatic heterocycles. The van der Waals surface area contributed by atoms with Gasteiger partial charge in [-0.3, -0.25) is 0 Å². The number of benzene rings is 3. The fourth-order valence-corrected chi connectivity index (χ4v) is 3.25. The summed E-state index contributed by atoms with van der Waals surface area (Å²) < 4.78 is 11.9. The van der Waals surface area contributed by atoms with Crippen molar-refractivity contribution in [2.75, 3.05) is 25.1 Å². The summed E-state index contributed by atoms with van der Waals surface area (Å²) in [5.41, 5.74) is 3.82. The highest BCUT2D eigenvalue weighted by Gasteiger charge is 2.12. The Kier molecular flexibility index (Phi) is 7.78. The molecule has 0 atom stereocenters. The standard InChI is InChI=1S/C27H33NO2/c1-27(2,3)23-15-17-24(18-16-23)29-21-19-28-25-13-7-8-14-26(25)30-20-9-12-22-10-5-4-6-11-22/h4-8,10-11,13-18,28H,9,12,19-21H2,1-3H3. The van der Waals surface area contributed by atoms with E-state index in [4.69, 9.17) is 9.47 Å². The van der Waals surface area contributed by atoms with E-state index in [0.29, 0.717) is 19.8 Å². The van der Waals surface area contributed by atoms with Crippen LogP contribution in [0.5, 0.6) is 11.5 Å². The minimum absolute atomic E-state index is 0.158. The predicted molar refractivity (Wildman–Crippen MR) is 126 cm³/mol. The number of para-hydroxylation sites is 2. The van der Waals surface area contributed by atoms with Gasteiger partial charge in [0.2, 0.25) is 0 Å². The van der Waals surface area contributed by atoms with Gasteiger partial charge in [-0.15, -0.1) is 0 Å². The van der Waals surface area contributed by atoms with E-state index in [1.807, 2.05) is 42.5 Å². The van der Waals surface area contributed by atoms with Gasteiger partial charge in [-0.25, -0.2) is 0 Å². The Morgan fingerprint density at radius 2 is 1.43 bits per heavy atom. The molecule has 3 aromatic carbocycles. The van der Waals surface area contributed by atoms with Crippen molar-refractivity contribution in [3.63, 3.8) is 0 Å². The normalized spacial score (nSPS) is 11.2. The van der Waals surface area contributed by atoms with Crippen molar-refractivity contribution in [1.29, 1.82) is 0 Å². The van der Waals surface area contributed by atoms with Crippen molar-refractivity contribution >= 4 is 5.69 Å². The zero-order valence-electron chi connectivity index (χ0n) is 18.4. The maximum absolute atomic E-state index is 6.02. The first kappa shape index (κ1) is 21.8. The van der Waals surface area contributed by atoms with Crippen molar-refractivity contribution in [2.45, 2.75) is 39.0 Å². The number of nitrogens with one attached hydrogen (secondary N) is 1. The third-order valence-electron chi connectivity index (χ3n) is 5.00. The number of anilines is 1. The Morgan fingerprint density at radius 1 is 0.733 bits per heavy atom. The van der Waals surface area contributed by atoms with Gasteiger partial charge in [-0.05, 0) is 53.6 Å². The molecule has 3 aromatic rings. The van der Waals surface area contributed by atoms with Crippen LogP contribution < -0.4 is 14.8 Å². The number of aryl methyl sites for hydroxylation is 1. The van der Waals surface area contributed by atoms with Crippen LogP contribution in [0.15, 0.2) is 78.9 Å². The Morgan fingerprint density at radius 3 is 2.17 bits per heavy atom. The molecule has 0 saturated heterocycles. The monoisotopic (exact) mass is 403 g/mol. The molecule has 0 aliphatic carbocycles. The average molecular weight is 404 g/mol. The molecule has 30 heavy (non-hydrogen) atoms. The van der Waals surface area contributed by atoms with E-state index >= 15 is 0 Å². The lowest BCUT2D eigenvalue weighted by atomic mass is 9.87. The fraction of sp³-hybridized carbons (Fsp3) is 0.333. The molecule has 0 aromatic heterocycles. The molecule has 0 heterocycles. The molecule has 0 amide bonds. The topological polar surface area (TPSA) is 30.5 Å². The molecule has 0 unspecified atom stereocenters. The van der Waals surface area contributed by atoms with E-state index in [0.717, 1.165) is 30.0 Å². The largest absolute Gasteiger partial charge is 0.492 e. The van der Waals surface area contributed by atoms with Gasteiger partial charge in [0.15, 0.2) is 0 Å². The van der Waals surface area contributed by atoms with Crippen LogP contribution in [0.1, 0.15) is 38.3 Å². The minimum Gasteiger partial charge on any atom is -0.492 e. The van der Waals surface area contributed by atoms with E-state index < -0.39 is 0 Å². The van der Waals surface area contributed by atoms with E-state index in [9.17, 15) is 0 Å². The van der Waals surface area contributed by atoms with Gasteiger partial charge in [0, 0.05) is 6.54 Å². The van der Waals surface area contributed by atoms with Crippen molar-refractivity contribution < 1.29 is 9.47 Å². The third kappa shape index (κ3) is 6.84. The summed E-state index contributed by atoms with van der Waals surface area (Å²) in [7, 11) is 0. The molecule has 0 fully saturated rings. The van der Waals surface area contributed by atoms with E-state index in [1.54, 1.807) is 0 Å². The molecular weight excluding hydrogens is 370 g/mol. The minimum atomic E-state index is 0.158.